The van der Waals surface area contributed by atoms with Crippen LogP contribution in [0.3, 0.4) is 0 Å². The van der Waals surface area contributed by atoms with Gasteiger partial charge in [-0.1, -0.05) is 18.3 Å². The van der Waals surface area contributed by atoms with E-state index in [1.165, 1.54) is 11.3 Å². The summed E-state index contributed by atoms with van der Waals surface area (Å²) in [7, 11) is 2.09. The Hall–Kier alpha value is -0.870. The van der Waals surface area contributed by atoms with Gasteiger partial charge < -0.3 is 10.2 Å². The summed E-state index contributed by atoms with van der Waals surface area (Å²) < 4.78 is 0. The summed E-state index contributed by atoms with van der Waals surface area (Å²) in [5, 5.41) is 5.42. The second kappa shape index (κ2) is 4.77. The molecule has 2 rings (SSSR count). The number of nitrogens with zero attached hydrogens (tertiary/aromatic N) is 1. The van der Waals surface area contributed by atoms with Gasteiger partial charge in [-0.05, 0) is 23.9 Å². The van der Waals surface area contributed by atoms with Gasteiger partial charge in [0.1, 0.15) is 5.82 Å². The molecular weight excluding hydrogens is 224 g/mol. The fourth-order valence-corrected chi connectivity index (χ4v) is 2.52. The summed E-state index contributed by atoms with van der Waals surface area (Å²) in [6.07, 6.45) is 3.25. The quantitative estimate of drug-likeness (QED) is 0.483. The van der Waals surface area contributed by atoms with Crippen molar-refractivity contribution in [3.05, 3.63) is 34.3 Å². The molecule has 2 heterocycles. The van der Waals surface area contributed by atoms with E-state index >= 15 is 0 Å². The van der Waals surface area contributed by atoms with Gasteiger partial charge in [-0.25, -0.2) is 0 Å². The molecule has 0 bridgehead atoms. The first-order chi connectivity index (χ1) is 7.27. The largest absolute Gasteiger partial charge is 0.372 e. The maximum atomic E-state index is 5.38. The van der Waals surface area contributed by atoms with Gasteiger partial charge in [-0.15, -0.1) is 11.3 Å². The number of allylic oxidation sites excluding steroid dienone is 1. The molecule has 80 valence electrons. The maximum Gasteiger partial charge on any atom is 0.102 e. The predicted octanol–water partition coefficient (Wildman–Crippen LogP) is 2.23. The van der Waals surface area contributed by atoms with Crippen LogP contribution in [0, 0.1) is 0 Å². The van der Waals surface area contributed by atoms with Gasteiger partial charge in [0.25, 0.3) is 0 Å². The number of hydrogen-bond donors (Lipinski definition) is 1. The van der Waals surface area contributed by atoms with Crippen molar-refractivity contribution in [1.29, 1.82) is 0 Å². The lowest BCUT2D eigenvalue weighted by atomic mass is 10.2. The molecule has 1 fully saturated rings. The zero-order chi connectivity index (χ0) is 10.7. The summed E-state index contributed by atoms with van der Waals surface area (Å²) >= 11 is 7.06. The van der Waals surface area contributed by atoms with Crippen LogP contribution in [0.5, 0.6) is 0 Å². The summed E-state index contributed by atoms with van der Waals surface area (Å²) in [5.74, 6) is 1.14. The van der Waals surface area contributed by atoms with Gasteiger partial charge in [0.05, 0.1) is 4.86 Å². The minimum Gasteiger partial charge on any atom is -0.372 e. The van der Waals surface area contributed by atoms with Gasteiger partial charge in [0.15, 0.2) is 0 Å². The number of thiocarbonyl (C=S) groups is 1. The highest BCUT2D eigenvalue weighted by Crippen LogP contribution is 2.13. The average molecular weight is 238 g/mol. The van der Waals surface area contributed by atoms with Crippen molar-refractivity contribution in [2.45, 2.75) is 6.42 Å². The van der Waals surface area contributed by atoms with Crippen molar-refractivity contribution < 1.29 is 0 Å². The van der Waals surface area contributed by atoms with Crippen molar-refractivity contribution in [3.63, 3.8) is 0 Å². The lowest BCUT2D eigenvalue weighted by molar-refractivity contribution is 0.335. The smallest absolute Gasteiger partial charge is 0.102 e. The van der Waals surface area contributed by atoms with Crippen LogP contribution in [0.25, 0.3) is 0 Å². The monoisotopic (exact) mass is 238 g/mol. The van der Waals surface area contributed by atoms with E-state index in [9.17, 15) is 0 Å². The van der Waals surface area contributed by atoms with Crippen LogP contribution in [0.4, 0.5) is 0 Å². The van der Waals surface area contributed by atoms with Gasteiger partial charge >= 0.3 is 0 Å². The first kappa shape index (κ1) is 10.6. The number of thiophene rings is 1. The molecule has 1 saturated heterocycles. The molecule has 0 spiro atoms. The molecular formula is C11H14N2S2. The van der Waals surface area contributed by atoms with Crippen molar-refractivity contribution in [2.75, 3.05) is 20.1 Å². The second-order valence-corrected chi connectivity index (χ2v) is 4.96. The molecule has 0 aliphatic carbocycles. The van der Waals surface area contributed by atoms with E-state index in [0.29, 0.717) is 0 Å². The zero-order valence-electron chi connectivity index (χ0n) is 8.69. The average Bonchev–Trinajstić information content (AvgIpc) is 2.74. The molecule has 1 aromatic heterocycles. The molecule has 1 aromatic rings. The zero-order valence-corrected chi connectivity index (χ0v) is 10.3. The maximum absolute atomic E-state index is 5.38. The highest BCUT2D eigenvalue weighted by Gasteiger charge is 2.10. The number of hydrogen-bond acceptors (Lipinski definition) is 4. The Balaban J connectivity index is 2.12. The van der Waals surface area contributed by atoms with Gasteiger partial charge in [-0.3, -0.25) is 0 Å². The van der Waals surface area contributed by atoms with Gasteiger partial charge in [0, 0.05) is 25.0 Å². The van der Waals surface area contributed by atoms with Crippen molar-refractivity contribution in [1.82, 2.24) is 10.2 Å². The van der Waals surface area contributed by atoms with E-state index in [2.05, 4.69) is 34.8 Å². The third kappa shape index (κ3) is 2.58. The Labute approximate surface area is 99.6 Å². The topological polar surface area (TPSA) is 15.3 Å². The second-order valence-electron chi connectivity index (χ2n) is 3.57. The lowest BCUT2D eigenvalue weighted by Crippen LogP contribution is -2.37. The normalized spacial score (nSPS) is 19.0. The third-order valence-electron chi connectivity index (χ3n) is 2.42. The van der Waals surface area contributed by atoms with E-state index in [1.54, 1.807) is 11.3 Å². The van der Waals surface area contributed by atoms with E-state index in [0.717, 1.165) is 23.8 Å². The van der Waals surface area contributed by atoms with Crippen molar-refractivity contribution in [3.8, 4) is 0 Å². The Morgan fingerprint density at radius 1 is 1.67 bits per heavy atom. The predicted molar refractivity (Wildman–Crippen MR) is 69.4 cm³/mol. The fourth-order valence-electron chi connectivity index (χ4n) is 1.56. The molecule has 1 aliphatic rings. The first-order valence-electron chi connectivity index (χ1n) is 5.02. The van der Waals surface area contributed by atoms with E-state index in [4.69, 9.17) is 12.2 Å². The molecule has 0 radical (unpaired) electrons. The Kier molecular flexibility index (Phi) is 3.38. The Morgan fingerprint density at radius 3 is 3.20 bits per heavy atom. The van der Waals surface area contributed by atoms with E-state index in [-0.39, 0.29) is 0 Å². The van der Waals surface area contributed by atoms with Crippen LogP contribution in [-0.4, -0.2) is 29.9 Å². The standard InChI is InChI=1S/C11H14N2S2/c1-13-6-3-5-12-11(13)8-9(14)10-4-2-7-15-10/h2,4,7-8,12H,3,5-6H2,1H3/b11-8-. The van der Waals surface area contributed by atoms with Crippen molar-refractivity contribution in [2.24, 2.45) is 0 Å². The third-order valence-corrected chi connectivity index (χ3v) is 3.79. The molecule has 4 heteroatoms. The fraction of sp³-hybridized carbons (Fsp3) is 0.364. The summed E-state index contributed by atoms with van der Waals surface area (Å²) in [6.45, 7) is 2.15. The summed E-state index contributed by atoms with van der Waals surface area (Å²) in [4.78, 5) is 4.29. The molecule has 0 unspecified atom stereocenters. The summed E-state index contributed by atoms with van der Waals surface area (Å²) in [5.41, 5.74) is 0. The van der Waals surface area contributed by atoms with Crippen LogP contribution >= 0.6 is 23.6 Å². The molecule has 2 nitrogen and oxygen atoms in total. The SMILES string of the molecule is CN1CCCN/C1=C/C(=S)c1cccs1. The summed E-state index contributed by atoms with van der Waals surface area (Å²) in [6, 6.07) is 4.09. The molecule has 0 saturated carbocycles. The number of rotatable bonds is 2. The minimum atomic E-state index is 0.918. The van der Waals surface area contributed by atoms with Crippen LogP contribution in [-0.2, 0) is 0 Å². The number of nitrogens with one attached hydrogen (secondary N) is 1. The lowest BCUT2D eigenvalue weighted by Gasteiger charge is -2.28. The highest BCUT2D eigenvalue weighted by molar-refractivity contribution is 7.81. The van der Waals surface area contributed by atoms with Crippen LogP contribution in [0.2, 0.25) is 0 Å². The van der Waals surface area contributed by atoms with E-state index in [1.807, 2.05) is 6.07 Å². The first-order valence-corrected chi connectivity index (χ1v) is 6.31. The molecule has 0 aromatic carbocycles. The van der Waals surface area contributed by atoms with Crippen molar-refractivity contribution >= 4 is 28.4 Å². The van der Waals surface area contributed by atoms with E-state index < -0.39 is 0 Å². The highest BCUT2D eigenvalue weighted by atomic mass is 32.1. The molecule has 0 amide bonds. The molecule has 1 N–H and O–H groups in total. The molecule has 1 aliphatic heterocycles. The minimum absolute atomic E-state index is 0.918. The van der Waals surface area contributed by atoms with Crippen LogP contribution in [0.15, 0.2) is 29.4 Å². The van der Waals surface area contributed by atoms with Crippen LogP contribution in [0.1, 0.15) is 11.3 Å². The van der Waals surface area contributed by atoms with Crippen LogP contribution < -0.4 is 5.32 Å². The van der Waals surface area contributed by atoms with Gasteiger partial charge in [-0.2, -0.15) is 0 Å². The molecule has 0 atom stereocenters. The van der Waals surface area contributed by atoms with Gasteiger partial charge in [0.2, 0.25) is 0 Å². The Morgan fingerprint density at radius 2 is 2.53 bits per heavy atom. The Bertz CT molecular complexity index is 368. The molecule has 15 heavy (non-hydrogen) atoms.